The average molecular weight is 271 g/mol. The van der Waals surface area contributed by atoms with E-state index < -0.39 is 5.97 Å². The number of halogens is 1. The van der Waals surface area contributed by atoms with Gasteiger partial charge in [-0.2, -0.15) is 0 Å². The van der Waals surface area contributed by atoms with Crippen molar-refractivity contribution < 1.29 is 14.7 Å². The fourth-order valence-corrected chi connectivity index (χ4v) is 1.20. The highest BCUT2D eigenvalue weighted by atomic mass is 79.9. The van der Waals surface area contributed by atoms with Crippen LogP contribution in [0.2, 0.25) is 0 Å². The van der Waals surface area contributed by atoms with Crippen molar-refractivity contribution in [2.45, 2.75) is 0 Å². The summed E-state index contributed by atoms with van der Waals surface area (Å²) in [5.41, 5.74) is 2.52. The van der Waals surface area contributed by atoms with Crippen LogP contribution in [0.3, 0.4) is 0 Å². The standard InChI is InChI=1S/C9H7BrN2O3/c1-2-3-15-12-8-4-6(9(13)14)7(10)5-11-8/h1,4-5H,3H2,(H,11,12)(H,13,14). The molecule has 0 fully saturated rings. The van der Waals surface area contributed by atoms with Gasteiger partial charge in [0.2, 0.25) is 0 Å². The number of carboxylic acids is 1. The Morgan fingerprint density at radius 1 is 1.80 bits per heavy atom. The normalized spacial score (nSPS) is 9.33. The Kier molecular flexibility index (Phi) is 4.09. The van der Waals surface area contributed by atoms with E-state index in [4.69, 9.17) is 16.4 Å². The molecule has 0 amide bonds. The lowest BCUT2D eigenvalue weighted by atomic mass is 10.3. The molecule has 1 aromatic rings. The summed E-state index contributed by atoms with van der Waals surface area (Å²) in [7, 11) is 0. The number of pyridine rings is 1. The molecule has 0 aliphatic heterocycles. The summed E-state index contributed by atoms with van der Waals surface area (Å²) >= 11 is 3.07. The van der Waals surface area contributed by atoms with Crippen LogP contribution in [0.25, 0.3) is 0 Å². The number of carboxylic acid groups (broad SMARTS) is 1. The lowest BCUT2D eigenvalue weighted by molar-refractivity contribution is 0.0695. The van der Waals surface area contributed by atoms with Gasteiger partial charge in [0, 0.05) is 6.20 Å². The van der Waals surface area contributed by atoms with E-state index in [9.17, 15) is 4.79 Å². The highest BCUT2D eigenvalue weighted by Crippen LogP contribution is 2.18. The number of carbonyl (C=O) groups is 1. The van der Waals surface area contributed by atoms with Gasteiger partial charge in [0.25, 0.3) is 0 Å². The lowest BCUT2D eigenvalue weighted by Gasteiger charge is -2.05. The average Bonchev–Trinajstić information content (AvgIpc) is 2.20. The molecule has 1 heterocycles. The molecule has 6 heteroatoms. The number of anilines is 1. The van der Waals surface area contributed by atoms with E-state index in [1.807, 2.05) is 0 Å². The number of hydrogen-bond donors (Lipinski definition) is 2. The third-order valence-corrected chi connectivity index (χ3v) is 2.05. The van der Waals surface area contributed by atoms with Crippen LogP contribution in [0.4, 0.5) is 5.82 Å². The van der Waals surface area contributed by atoms with Crippen molar-refractivity contribution in [3.05, 3.63) is 22.3 Å². The minimum atomic E-state index is -1.05. The van der Waals surface area contributed by atoms with Crippen molar-refractivity contribution in [2.75, 3.05) is 12.1 Å². The Bertz CT molecular complexity index is 414. The van der Waals surface area contributed by atoms with Crippen LogP contribution in [-0.2, 0) is 4.84 Å². The maximum atomic E-state index is 10.7. The van der Waals surface area contributed by atoms with Crippen molar-refractivity contribution in [1.82, 2.24) is 4.98 Å². The summed E-state index contributed by atoms with van der Waals surface area (Å²) in [6, 6.07) is 1.34. The molecule has 1 aromatic heterocycles. The van der Waals surface area contributed by atoms with Gasteiger partial charge >= 0.3 is 5.97 Å². The second-order valence-corrected chi connectivity index (χ2v) is 3.30. The first-order chi connectivity index (χ1) is 7.15. The van der Waals surface area contributed by atoms with Gasteiger partial charge in [-0.1, -0.05) is 5.92 Å². The molecule has 0 aromatic carbocycles. The molecule has 2 N–H and O–H groups in total. The first-order valence-corrected chi connectivity index (χ1v) is 4.64. The largest absolute Gasteiger partial charge is 0.478 e. The summed E-state index contributed by atoms with van der Waals surface area (Å²) in [5, 5.41) is 8.80. The third-order valence-electron chi connectivity index (χ3n) is 1.42. The van der Waals surface area contributed by atoms with Gasteiger partial charge in [-0.3, -0.25) is 4.84 Å². The molecule has 0 atom stereocenters. The van der Waals surface area contributed by atoms with Crippen molar-refractivity contribution in [3.63, 3.8) is 0 Å². The zero-order valence-corrected chi connectivity index (χ0v) is 9.11. The van der Waals surface area contributed by atoms with E-state index in [1.165, 1.54) is 12.3 Å². The monoisotopic (exact) mass is 270 g/mol. The van der Waals surface area contributed by atoms with Crippen molar-refractivity contribution in [1.29, 1.82) is 0 Å². The number of hydrogen-bond acceptors (Lipinski definition) is 4. The highest BCUT2D eigenvalue weighted by Gasteiger charge is 2.09. The van der Waals surface area contributed by atoms with E-state index in [1.54, 1.807) is 0 Å². The summed E-state index contributed by atoms with van der Waals surface area (Å²) in [4.78, 5) is 19.4. The minimum absolute atomic E-state index is 0.0696. The Labute approximate surface area is 94.6 Å². The van der Waals surface area contributed by atoms with Crippen LogP contribution in [0, 0.1) is 12.3 Å². The molecular weight excluding hydrogens is 264 g/mol. The van der Waals surface area contributed by atoms with Gasteiger partial charge in [-0.05, 0) is 22.0 Å². The van der Waals surface area contributed by atoms with Crippen LogP contribution < -0.4 is 5.48 Å². The highest BCUT2D eigenvalue weighted by molar-refractivity contribution is 9.10. The fourth-order valence-electron chi connectivity index (χ4n) is 0.810. The SMILES string of the molecule is C#CCONc1cc(C(=O)O)c(Br)cn1. The van der Waals surface area contributed by atoms with E-state index in [2.05, 4.69) is 32.3 Å². The molecule has 0 unspecified atom stereocenters. The first-order valence-electron chi connectivity index (χ1n) is 3.85. The van der Waals surface area contributed by atoms with Crippen molar-refractivity contribution in [3.8, 4) is 12.3 Å². The molecule has 1 rings (SSSR count). The summed E-state index contributed by atoms with van der Waals surface area (Å²) in [6.07, 6.45) is 6.32. The molecular formula is C9H7BrN2O3. The van der Waals surface area contributed by atoms with Crippen LogP contribution in [0.5, 0.6) is 0 Å². The molecule has 0 spiro atoms. The minimum Gasteiger partial charge on any atom is -0.478 e. The van der Waals surface area contributed by atoms with Crippen LogP contribution in [0.15, 0.2) is 16.7 Å². The molecule has 0 radical (unpaired) electrons. The molecule has 15 heavy (non-hydrogen) atoms. The topological polar surface area (TPSA) is 71.5 Å². The predicted octanol–water partition coefficient (Wildman–Crippen LogP) is 1.52. The van der Waals surface area contributed by atoms with E-state index >= 15 is 0 Å². The Balaban J connectivity index is 2.79. The summed E-state index contributed by atoms with van der Waals surface area (Å²) in [5.74, 6) is 1.48. The van der Waals surface area contributed by atoms with Gasteiger partial charge in [-0.25, -0.2) is 15.3 Å². The van der Waals surface area contributed by atoms with Gasteiger partial charge in [0.15, 0.2) is 5.82 Å². The Hall–Kier alpha value is -1.58. The molecule has 0 aliphatic carbocycles. The van der Waals surface area contributed by atoms with Crippen LogP contribution in [0.1, 0.15) is 10.4 Å². The second kappa shape index (κ2) is 5.34. The maximum Gasteiger partial charge on any atom is 0.337 e. The summed E-state index contributed by atoms with van der Waals surface area (Å²) in [6.45, 7) is 0.0696. The number of aromatic nitrogens is 1. The second-order valence-electron chi connectivity index (χ2n) is 2.45. The van der Waals surface area contributed by atoms with E-state index in [0.29, 0.717) is 4.47 Å². The smallest absolute Gasteiger partial charge is 0.337 e. The van der Waals surface area contributed by atoms with Crippen molar-refractivity contribution >= 4 is 27.7 Å². The van der Waals surface area contributed by atoms with Crippen molar-refractivity contribution in [2.24, 2.45) is 0 Å². The molecule has 0 bridgehead atoms. The first kappa shape index (κ1) is 11.5. The molecule has 5 nitrogen and oxygen atoms in total. The molecule has 0 saturated heterocycles. The molecule has 0 aliphatic rings. The third kappa shape index (κ3) is 3.23. The van der Waals surface area contributed by atoms with E-state index in [-0.39, 0.29) is 18.0 Å². The van der Waals surface area contributed by atoms with Crippen LogP contribution in [-0.4, -0.2) is 22.7 Å². The Morgan fingerprint density at radius 2 is 2.53 bits per heavy atom. The quantitative estimate of drug-likeness (QED) is 0.493. The maximum absolute atomic E-state index is 10.7. The predicted molar refractivity (Wildman–Crippen MR) is 57.3 cm³/mol. The zero-order valence-electron chi connectivity index (χ0n) is 7.53. The van der Waals surface area contributed by atoms with Gasteiger partial charge in [-0.15, -0.1) is 6.42 Å². The summed E-state index contributed by atoms with van der Waals surface area (Å²) < 4.78 is 0.400. The van der Waals surface area contributed by atoms with Gasteiger partial charge in [0.1, 0.15) is 6.61 Å². The number of aromatic carboxylic acids is 1. The number of rotatable bonds is 4. The zero-order chi connectivity index (χ0) is 11.3. The number of nitrogens with one attached hydrogen (secondary N) is 1. The van der Waals surface area contributed by atoms with Gasteiger partial charge in [0.05, 0.1) is 10.0 Å². The van der Waals surface area contributed by atoms with Gasteiger partial charge < -0.3 is 5.11 Å². The number of terminal acetylenes is 1. The fraction of sp³-hybridized carbons (Fsp3) is 0.111. The lowest BCUT2D eigenvalue weighted by Crippen LogP contribution is -2.05. The molecule has 78 valence electrons. The molecule has 0 saturated carbocycles. The van der Waals surface area contributed by atoms with E-state index in [0.717, 1.165) is 0 Å². The van der Waals surface area contributed by atoms with Crippen LogP contribution >= 0.6 is 15.9 Å². The number of nitrogens with zero attached hydrogens (tertiary/aromatic N) is 1. The Morgan fingerprint density at radius 3 is 3.13 bits per heavy atom.